The van der Waals surface area contributed by atoms with Crippen LogP contribution in [-0.2, 0) is 35.3 Å². The Labute approximate surface area is 161 Å². The molecule has 28 heavy (non-hydrogen) atoms. The van der Waals surface area contributed by atoms with E-state index in [1.807, 2.05) is 6.92 Å². The van der Waals surface area contributed by atoms with Crippen molar-refractivity contribution in [2.75, 3.05) is 6.61 Å². The minimum Gasteiger partial charge on any atom is -0.466 e. The maximum absolute atomic E-state index is 13.1. The summed E-state index contributed by atoms with van der Waals surface area (Å²) < 4.78 is 45.9. The van der Waals surface area contributed by atoms with Gasteiger partial charge in [-0.1, -0.05) is 17.3 Å². The molecule has 1 aromatic heterocycles. The van der Waals surface area contributed by atoms with Gasteiger partial charge in [-0.25, -0.2) is 0 Å². The van der Waals surface area contributed by atoms with Crippen molar-refractivity contribution in [3.05, 3.63) is 46.8 Å². The van der Waals surface area contributed by atoms with Crippen molar-refractivity contribution in [1.29, 1.82) is 0 Å². The molecular formula is C19H24F3N3O3. The lowest BCUT2D eigenvalue weighted by Crippen LogP contribution is -2.14. The molecule has 0 aliphatic rings. The van der Waals surface area contributed by atoms with Gasteiger partial charge in [0.2, 0.25) is 0 Å². The number of hydrogen-bond donors (Lipinski definition) is 1. The summed E-state index contributed by atoms with van der Waals surface area (Å²) in [4.78, 5) is 12.0. The lowest BCUT2D eigenvalue weighted by molar-refractivity contribution is -0.143. The Bertz CT molecular complexity index is 790. The van der Waals surface area contributed by atoms with Crippen molar-refractivity contribution < 1.29 is 27.8 Å². The highest BCUT2D eigenvalue weighted by Gasteiger charge is 2.33. The lowest BCUT2D eigenvalue weighted by Gasteiger charge is -2.19. The number of nitrogens with zero attached hydrogens (tertiary/aromatic N) is 3. The Morgan fingerprint density at radius 1 is 1.32 bits per heavy atom. The van der Waals surface area contributed by atoms with Gasteiger partial charge < -0.3 is 9.84 Å². The molecule has 1 aromatic carbocycles. The van der Waals surface area contributed by atoms with E-state index in [1.165, 1.54) is 12.1 Å². The smallest absolute Gasteiger partial charge is 0.416 e. The van der Waals surface area contributed by atoms with Crippen LogP contribution in [0.1, 0.15) is 55.0 Å². The number of halogens is 3. The van der Waals surface area contributed by atoms with Gasteiger partial charge in [0.15, 0.2) is 0 Å². The number of benzene rings is 1. The highest BCUT2D eigenvalue weighted by molar-refractivity contribution is 5.70. The first-order valence-electron chi connectivity index (χ1n) is 9.13. The van der Waals surface area contributed by atoms with Gasteiger partial charge in [0.05, 0.1) is 30.9 Å². The molecule has 2 rings (SSSR count). The van der Waals surface area contributed by atoms with E-state index in [9.17, 15) is 23.1 Å². The van der Waals surface area contributed by atoms with Crippen molar-refractivity contribution in [1.82, 2.24) is 15.0 Å². The monoisotopic (exact) mass is 399 g/mol. The van der Waals surface area contributed by atoms with Crippen molar-refractivity contribution in [2.24, 2.45) is 0 Å². The molecule has 9 heteroatoms. The Morgan fingerprint density at radius 3 is 2.64 bits per heavy atom. The molecular weight excluding hydrogens is 375 g/mol. The summed E-state index contributed by atoms with van der Waals surface area (Å²) in [6.45, 7) is 3.79. The molecule has 1 heterocycles. The summed E-state index contributed by atoms with van der Waals surface area (Å²) in [6.07, 6.45) is -1.72. The number of aromatic nitrogens is 3. The van der Waals surface area contributed by atoms with Crippen molar-refractivity contribution in [3.63, 3.8) is 0 Å². The fraction of sp³-hybridized carbons (Fsp3) is 0.526. The summed E-state index contributed by atoms with van der Waals surface area (Å²) in [5.41, 5.74) is 0.202. The topological polar surface area (TPSA) is 77.2 Å². The van der Waals surface area contributed by atoms with E-state index in [-0.39, 0.29) is 24.5 Å². The quantitative estimate of drug-likeness (QED) is 0.654. The van der Waals surface area contributed by atoms with E-state index < -0.39 is 24.3 Å². The molecule has 0 aliphatic carbocycles. The zero-order valence-electron chi connectivity index (χ0n) is 15.9. The second-order valence-electron chi connectivity index (χ2n) is 6.38. The SMILES string of the molecule is CCOC(=O)CC(CCc1cn(CC)nn1)c1ccc(C(F)(F)F)c(CO)c1. The van der Waals surface area contributed by atoms with Gasteiger partial charge in [-0.05, 0) is 49.8 Å². The van der Waals surface area contributed by atoms with Crippen molar-refractivity contribution >= 4 is 5.97 Å². The average molecular weight is 399 g/mol. The lowest BCUT2D eigenvalue weighted by atomic mass is 9.88. The van der Waals surface area contributed by atoms with Crippen LogP contribution in [0.5, 0.6) is 0 Å². The van der Waals surface area contributed by atoms with Crippen LogP contribution in [0.4, 0.5) is 13.2 Å². The molecule has 0 radical (unpaired) electrons. The molecule has 0 saturated heterocycles. The summed E-state index contributed by atoms with van der Waals surface area (Å²) >= 11 is 0. The summed E-state index contributed by atoms with van der Waals surface area (Å²) in [5.74, 6) is -0.784. The van der Waals surface area contributed by atoms with Gasteiger partial charge in [-0.3, -0.25) is 9.48 Å². The number of aryl methyl sites for hydroxylation is 2. The predicted molar refractivity (Wildman–Crippen MR) is 95.4 cm³/mol. The van der Waals surface area contributed by atoms with Gasteiger partial charge in [0.25, 0.3) is 0 Å². The van der Waals surface area contributed by atoms with Gasteiger partial charge in [-0.2, -0.15) is 13.2 Å². The Morgan fingerprint density at radius 2 is 2.07 bits per heavy atom. The summed E-state index contributed by atoms with van der Waals surface area (Å²) in [5, 5.41) is 17.4. The first-order valence-corrected chi connectivity index (χ1v) is 9.13. The third-order valence-corrected chi connectivity index (χ3v) is 4.45. The van der Waals surface area contributed by atoms with Crippen LogP contribution in [0, 0.1) is 0 Å². The Hall–Kier alpha value is -2.42. The second-order valence-corrected chi connectivity index (χ2v) is 6.38. The number of aliphatic hydroxyl groups is 1. The molecule has 0 saturated carbocycles. The number of alkyl halides is 3. The zero-order chi connectivity index (χ0) is 20.7. The molecule has 1 N–H and O–H groups in total. The van der Waals surface area contributed by atoms with Crippen LogP contribution in [-0.4, -0.2) is 32.7 Å². The van der Waals surface area contributed by atoms with Crippen molar-refractivity contribution in [2.45, 2.75) is 58.4 Å². The number of aliphatic hydroxyl groups excluding tert-OH is 1. The van der Waals surface area contributed by atoms with Crippen LogP contribution in [0.15, 0.2) is 24.4 Å². The van der Waals surface area contributed by atoms with Crippen LogP contribution in [0.3, 0.4) is 0 Å². The number of esters is 1. The second kappa shape index (κ2) is 9.68. The summed E-state index contributed by atoms with van der Waals surface area (Å²) in [7, 11) is 0. The third kappa shape index (κ3) is 5.79. The standard InChI is InChI=1S/C19H24F3N3O3/c1-3-25-11-16(23-24-25)7-5-14(10-18(27)28-4-2)13-6-8-17(19(20,21)22)15(9-13)12-26/h6,8-9,11,14,26H,3-5,7,10,12H2,1-2H3. The van der Waals surface area contributed by atoms with E-state index in [4.69, 9.17) is 4.74 Å². The maximum Gasteiger partial charge on any atom is 0.416 e. The Balaban J connectivity index is 2.25. The fourth-order valence-electron chi connectivity index (χ4n) is 3.01. The highest BCUT2D eigenvalue weighted by Crippen LogP contribution is 2.35. The van der Waals surface area contributed by atoms with E-state index in [0.29, 0.717) is 24.9 Å². The van der Waals surface area contributed by atoms with Gasteiger partial charge in [0, 0.05) is 12.7 Å². The van der Waals surface area contributed by atoms with E-state index in [0.717, 1.165) is 11.8 Å². The highest BCUT2D eigenvalue weighted by atomic mass is 19.4. The zero-order valence-corrected chi connectivity index (χ0v) is 15.9. The van der Waals surface area contributed by atoms with Gasteiger partial charge in [-0.15, -0.1) is 5.10 Å². The molecule has 0 fully saturated rings. The molecule has 0 amide bonds. The van der Waals surface area contributed by atoms with Crippen LogP contribution < -0.4 is 0 Å². The number of ether oxygens (including phenoxy) is 1. The molecule has 1 unspecified atom stereocenters. The molecule has 0 bridgehead atoms. The average Bonchev–Trinajstić information content (AvgIpc) is 3.12. The minimum absolute atomic E-state index is 0.0337. The Kier molecular flexibility index (Phi) is 7.56. The van der Waals surface area contributed by atoms with Crippen LogP contribution in [0.25, 0.3) is 0 Å². The molecule has 1 atom stereocenters. The summed E-state index contributed by atoms with van der Waals surface area (Å²) in [6, 6.07) is 3.62. The molecule has 6 nitrogen and oxygen atoms in total. The fourth-order valence-corrected chi connectivity index (χ4v) is 3.01. The van der Waals surface area contributed by atoms with Crippen LogP contribution in [0.2, 0.25) is 0 Å². The number of carbonyl (C=O) groups excluding carboxylic acids is 1. The van der Waals surface area contributed by atoms with Gasteiger partial charge in [0.1, 0.15) is 0 Å². The first-order chi connectivity index (χ1) is 13.3. The number of hydrogen-bond acceptors (Lipinski definition) is 5. The minimum atomic E-state index is -4.55. The third-order valence-electron chi connectivity index (χ3n) is 4.45. The number of carbonyl (C=O) groups is 1. The van der Waals surface area contributed by atoms with E-state index in [2.05, 4.69) is 10.3 Å². The predicted octanol–water partition coefficient (Wildman–Crippen LogP) is 3.48. The van der Waals surface area contributed by atoms with E-state index in [1.54, 1.807) is 17.8 Å². The molecule has 0 aliphatic heterocycles. The van der Waals surface area contributed by atoms with Crippen molar-refractivity contribution in [3.8, 4) is 0 Å². The normalized spacial score (nSPS) is 12.8. The molecule has 0 spiro atoms. The molecule has 2 aromatic rings. The molecule has 154 valence electrons. The van der Waals surface area contributed by atoms with Crippen LogP contribution >= 0.6 is 0 Å². The van der Waals surface area contributed by atoms with Gasteiger partial charge >= 0.3 is 12.1 Å². The largest absolute Gasteiger partial charge is 0.466 e. The maximum atomic E-state index is 13.1. The first kappa shape index (κ1) is 21.9. The van der Waals surface area contributed by atoms with E-state index >= 15 is 0 Å². The number of rotatable bonds is 9.